The van der Waals surface area contributed by atoms with E-state index >= 15 is 0 Å². The van der Waals surface area contributed by atoms with Crippen LogP contribution in [0.5, 0.6) is 0 Å². The highest BCUT2D eigenvalue weighted by Crippen LogP contribution is 2.33. The molecule has 27 heavy (non-hydrogen) atoms. The number of rotatable bonds is 4. The maximum atomic E-state index is 10.3. The molecule has 1 saturated heterocycles. The molecular formula is C21H22O5S. The summed E-state index contributed by atoms with van der Waals surface area (Å²) in [6, 6.07) is 15.9. The van der Waals surface area contributed by atoms with Crippen molar-refractivity contribution in [1.29, 1.82) is 0 Å². The standard InChI is InChI=1S/C21H22O5S/c22-10-16-18(23)19(24)20(25)21(26-16)13-5-3-4-12(8-13)9-14-11-27-17-7-2-1-6-15(14)17/h1-8,11,16,18-25H,9-10H2/t16?,18-,19?,20?,21?/m1/s1. The Kier molecular flexibility index (Phi) is 5.27. The lowest BCUT2D eigenvalue weighted by Crippen LogP contribution is -2.55. The monoisotopic (exact) mass is 386 g/mol. The Morgan fingerprint density at radius 1 is 0.926 bits per heavy atom. The Balaban J connectivity index is 1.60. The summed E-state index contributed by atoms with van der Waals surface area (Å²) in [4.78, 5) is 0. The highest BCUT2D eigenvalue weighted by atomic mass is 32.1. The van der Waals surface area contributed by atoms with Crippen LogP contribution in [0.2, 0.25) is 0 Å². The van der Waals surface area contributed by atoms with Crippen molar-refractivity contribution in [1.82, 2.24) is 0 Å². The summed E-state index contributed by atoms with van der Waals surface area (Å²) in [5, 5.41) is 43.1. The number of hydrogen-bond donors (Lipinski definition) is 4. The van der Waals surface area contributed by atoms with Crippen molar-refractivity contribution < 1.29 is 25.2 Å². The van der Waals surface area contributed by atoms with Crippen LogP contribution in [0.25, 0.3) is 10.1 Å². The van der Waals surface area contributed by atoms with E-state index in [0.29, 0.717) is 5.56 Å². The molecule has 2 aromatic carbocycles. The maximum Gasteiger partial charge on any atom is 0.113 e. The second-order valence-corrected chi connectivity index (χ2v) is 7.84. The van der Waals surface area contributed by atoms with E-state index < -0.39 is 37.1 Å². The minimum atomic E-state index is -1.37. The van der Waals surface area contributed by atoms with E-state index in [1.165, 1.54) is 15.6 Å². The lowest BCUT2D eigenvalue weighted by molar-refractivity contribution is -0.231. The summed E-state index contributed by atoms with van der Waals surface area (Å²) in [6.45, 7) is -0.429. The first-order chi connectivity index (χ1) is 13.1. The molecule has 5 nitrogen and oxygen atoms in total. The third-order valence-electron chi connectivity index (χ3n) is 5.13. The van der Waals surface area contributed by atoms with Gasteiger partial charge in [-0.25, -0.2) is 0 Å². The molecule has 0 bridgehead atoms. The molecule has 142 valence electrons. The number of aliphatic hydroxyl groups excluding tert-OH is 4. The first kappa shape index (κ1) is 18.6. The average molecular weight is 386 g/mol. The number of benzene rings is 2. The molecule has 4 N–H and O–H groups in total. The highest BCUT2D eigenvalue weighted by Gasteiger charge is 2.43. The summed E-state index contributed by atoms with van der Waals surface area (Å²) < 4.78 is 6.92. The van der Waals surface area contributed by atoms with Crippen molar-refractivity contribution in [3.63, 3.8) is 0 Å². The number of thiophene rings is 1. The Hall–Kier alpha value is -1.80. The van der Waals surface area contributed by atoms with Crippen molar-refractivity contribution >= 4 is 21.4 Å². The summed E-state index contributed by atoms with van der Waals surface area (Å²) in [5.74, 6) is 0. The first-order valence-electron chi connectivity index (χ1n) is 8.93. The molecule has 0 aliphatic carbocycles. The van der Waals surface area contributed by atoms with Gasteiger partial charge in [0.25, 0.3) is 0 Å². The molecule has 1 fully saturated rings. The molecule has 4 unspecified atom stereocenters. The first-order valence-corrected chi connectivity index (χ1v) is 9.81. The van der Waals surface area contributed by atoms with Gasteiger partial charge < -0.3 is 25.2 Å². The summed E-state index contributed by atoms with van der Waals surface area (Å²) in [7, 11) is 0. The maximum absolute atomic E-state index is 10.3. The highest BCUT2D eigenvalue weighted by molar-refractivity contribution is 7.17. The SMILES string of the molecule is OCC1OC(c2cccc(Cc3csc4ccccc34)c2)C(O)C(O)[C@@H]1O. The van der Waals surface area contributed by atoms with Crippen LogP contribution in [0.1, 0.15) is 22.8 Å². The van der Waals surface area contributed by atoms with Crippen molar-refractivity contribution in [2.45, 2.75) is 36.9 Å². The number of ether oxygens (including phenoxy) is 1. The average Bonchev–Trinajstić information content (AvgIpc) is 3.10. The van der Waals surface area contributed by atoms with Crippen LogP contribution < -0.4 is 0 Å². The van der Waals surface area contributed by atoms with Gasteiger partial charge in [-0.3, -0.25) is 0 Å². The van der Waals surface area contributed by atoms with Crippen LogP contribution >= 0.6 is 11.3 Å². The van der Waals surface area contributed by atoms with E-state index in [1.807, 2.05) is 36.4 Å². The van der Waals surface area contributed by atoms with Crippen LogP contribution in [0.4, 0.5) is 0 Å². The predicted molar refractivity (Wildman–Crippen MR) is 104 cm³/mol. The van der Waals surface area contributed by atoms with Gasteiger partial charge in [-0.05, 0) is 39.9 Å². The molecule has 3 aromatic rings. The van der Waals surface area contributed by atoms with Crippen LogP contribution in [-0.4, -0.2) is 51.4 Å². The van der Waals surface area contributed by atoms with E-state index in [9.17, 15) is 20.4 Å². The van der Waals surface area contributed by atoms with E-state index in [2.05, 4.69) is 17.5 Å². The third kappa shape index (κ3) is 3.52. The zero-order valence-electron chi connectivity index (χ0n) is 14.6. The zero-order valence-corrected chi connectivity index (χ0v) is 15.4. The van der Waals surface area contributed by atoms with Gasteiger partial charge in [-0.2, -0.15) is 0 Å². The van der Waals surface area contributed by atoms with Gasteiger partial charge in [0.05, 0.1) is 6.61 Å². The van der Waals surface area contributed by atoms with Gasteiger partial charge in [0, 0.05) is 4.70 Å². The largest absolute Gasteiger partial charge is 0.394 e. The Labute approximate surface area is 161 Å². The van der Waals surface area contributed by atoms with Crippen LogP contribution in [0.15, 0.2) is 53.9 Å². The lowest BCUT2D eigenvalue weighted by atomic mass is 9.90. The van der Waals surface area contributed by atoms with Crippen molar-refractivity contribution in [2.75, 3.05) is 6.61 Å². The molecule has 1 aliphatic heterocycles. The van der Waals surface area contributed by atoms with Crippen molar-refractivity contribution in [3.05, 3.63) is 70.6 Å². The Bertz CT molecular complexity index is 922. The van der Waals surface area contributed by atoms with Gasteiger partial charge >= 0.3 is 0 Å². The second-order valence-electron chi connectivity index (χ2n) is 6.93. The minimum absolute atomic E-state index is 0.429. The fraction of sp³-hybridized carbons (Fsp3) is 0.333. The topological polar surface area (TPSA) is 90.2 Å². The van der Waals surface area contributed by atoms with Gasteiger partial charge in [0.2, 0.25) is 0 Å². The molecule has 5 atom stereocenters. The Morgan fingerprint density at radius 3 is 2.56 bits per heavy atom. The molecule has 1 aromatic heterocycles. The van der Waals surface area contributed by atoms with Gasteiger partial charge in [-0.15, -0.1) is 11.3 Å². The van der Waals surface area contributed by atoms with Gasteiger partial charge in [0.1, 0.15) is 30.5 Å². The Morgan fingerprint density at radius 2 is 1.74 bits per heavy atom. The van der Waals surface area contributed by atoms with Crippen LogP contribution in [0.3, 0.4) is 0 Å². The predicted octanol–water partition coefficient (Wildman–Crippen LogP) is 2.01. The molecule has 0 radical (unpaired) electrons. The van der Waals surface area contributed by atoms with E-state index in [4.69, 9.17) is 4.74 Å². The lowest BCUT2D eigenvalue weighted by Gasteiger charge is -2.40. The molecular weight excluding hydrogens is 364 g/mol. The number of aliphatic hydroxyl groups is 4. The van der Waals surface area contributed by atoms with Crippen molar-refractivity contribution in [3.8, 4) is 0 Å². The van der Waals surface area contributed by atoms with Gasteiger partial charge in [-0.1, -0.05) is 42.5 Å². The number of hydrogen-bond acceptors (Lipinski definition) is 6. The quantitative estimate of drug-likeness (QED) is 0.551. The molecule has 0 spiro atoms. The van der Waals surface area contributed by atoms with Crippen LogP contribution in [0, 0.1) is 0 Å². The second kappa shape index (κ2) is 7.67. The molecule has 2 heterocycles. The summed E-state index contributed by atoms with van der Waals surface area (Å²) >= 11 is 1.72. The molecule has 0 saturated carbocycles. The van der Waals surface area contributed by atoms with E-state index in [1.54, 1.807) is 11.3 Å². The fourth-order valence-corrected chi connectivity index (χ4v) is 4.61. The summed E-state index contributed by atoms with van der Waals surface area (Å²) in [6.07, 6.45) is -4.94. The number of fused-ring (bicyclic) bond motifs is 1. The molecule has 0 amide bonds. The van der Waals surface area contributed by atoms with E-state index in [-0.39, 0.29) is 0 Å². The van der Waals surface area contributed by atoms with Crippen LogP contribution in [-0.2, 0) is 11.2 Å². The smallest absolute Gasteiger partial charge is 0.113 e. The molecule has 6 heteroatoms. The molecule has 1 aliphatic rings. The summed E-state index contributed by atoms with van der Waals surface area (Å²) in [5.41, 5.74) is 3.01. The van der Waals surface area contributed by atoms with Gasteiger partial charge in [0.15, 0.2) is 0 Å². The third-order valence-corrected chi connectivity index (χ3v) is 6.14. The molecule has 4 rings (SSSR count). The normalized spacial score (nSPS) is 28.5. The fourth-order valence-electron chi connectivity index (χ4n) is 3.65. The minimum Gasteiger partial charge on any atom is -0.394 e. The van der Waals surface area contributed by atoms with Crippen molar-refractivity contribution in [2.24, 2.45) is 0 Å². The van der Waals surface area contributed by atoms with E-state index in [0.717, 1.165) is 12.0 Å². The zero-order chi connectivity index (χ0) is 19.0.